The van der Waals surface area contributed by atoms with Crippen LogP contribution in [0.3, 0.4) is 0 Å². The molecule has 2 aliphatic heterocycles. The summed E-state index contributed by atoms with van der Waals surface area (Å²) >= 11 is 0. The number of hydrogen-bond acceptors (Lipinski definition) is 3. The summed E-state index contributed by atoms with van der Waals surface area (Å²) in [5, 5.41) is 3.36. The fourth-order valence-electron chi connectivity index (χ4n) is 4.08. The Morgan fingerprint density at radius 2 is 1.87 bits per heavy atom. The van der Waals surface area contributed by atoms with Crippen LogP contribution in [0.2, 0.25) is 0 Å². The number of carbonyl (C=O) groups is 1. The molecule has 0 radical (unpaired) electrons. The summed E-state index contributed by atoms with van der Waals surface area (Å²) < 4.78 is 5.41. The molecule has 3 rings (SSSR count). The Kier molecular flexibility index (Phi) is 5.34. The number of nitrogens with zero attached hydrogens (tertiary/aromatic N) is 1. The minimum absolute atomic E-state index is 0.306. The first-order valence-corrected chi connectivity index (χ1v) is 8.79. The van der Waals surface area contributed by atoms with E-state index in [1.807, 2.05) is 0 Å². The van der Waals surface area contributed by atoms with Crippen LogP contribution in [-0.4, -0.2) is 50.7 Å². The molecule has 1 N–H and O–H groups in total. The lowest BCUT2D eigenvalue weighted by molar-refractivity contribution is -0.148. The SMILES string of the molecule is COCC1(C(=O)N2CCC(c3ccccc3)CC2)CCNCC1. The van der Waals surface area contributed by atoms with Gasteiger partial charge in [0.15, 0.2) is 0 Å². The van der Waals surface area contributed by atoms with Gasteiger partial charge in [0.2, 0.25) is 5.91 Å². The topological polar surface area (TPSA) is 41.6 Å². The molecule has 2 heterocycles. The Morgan fingerprint density at radius 1 is 1.22 bits per heavy atom. The van der Waals surface area contributed by atoms with E-state index in [1.54, 1.807) is 7.11 Å². The van der Waals surface area contributed by atoms with Gasteiger partial charge in [-0.05, 0) is 50.3 Å². The monoisotopic (exact) mass is 316 g/mol. The number of piperidine rings is 2. The smallest absolute Gasteiger partial charge is 0.231 e. The minimum Gasteiger partial charge on any atom is -0.384 e. The van der Waals surface area contributed by atoms with E-state index in [4.69, 9.17) is 4.74 Å². The van der Waals surface area contributed by atoms with Crippen LogP contribution < -0.4 is 5.32 Å². The maximum absolute atomic E-state index is 13.1. The van der Waals surface area contributed by atoms with E-state index in [0.29, 0.717) is 18.4 Å². The molecule has 0 aliphatic carbocycles. The van der Waals surface area contributed by atoms with Crippen LogP contribution in [0.5, 0.6) is 0 Å². The largest absolute Gasteiger partial charge is 0.384 e. The summed E-state index contributed by atoms with van der Waals surface area (Å²) in [6.45, 7) is 4.12. The zero-order valence-electron chi connectivity index (χ0n) is 14.1. The molecular formula is C19H28N2O2. The number of ether oxygens (including phenoxy) is 1. The molecule has 126 valence electrons. The Labute approximate surface area is 139 Å². The molecule has 4 nitrogen and oxygen atoms in total. The van der Waals surface area contributed by atoms with E-state index in [9.17, 15) is 4.79 Å². The van der Waals surface area contributed by atoms with Gasteiger partial charge in [0.25, 0.3) is 0 Å². The highest BCUT2D eigenvalue weighted by atomic mass is 16.5. The molecule has 1 aromatic carbocycles. The molecule has 0 aromatic heterocycles. The van der Waals surface area contributed by atoms with Gasteiger partial charge in [0.1, 0.15) is 0 Å². The summed E-state index contributed by atoms with van der Waals surface area (Å²) in [7, 11) is 1.71. The van der Waals surface area contributed by atoms with Gasteiger partial charge >= 0.3 is 0 Å². The number of likely N-dealkylation sites (tertiary alicyclic amines) is 1. The van der Waals surface area contributed by atoms with E-state index >= 15 is 0 Å². The number of rotatable bonds is 4. The summed E-state index contributed by atoms with van der Waals surface area (Å²) in [4.78, 5) is 15.2. The predicted octanol–water partition coefficient (Wildman–Crippen LogP) is 2.41. The highest BCUT2D eigenvalue weighted by Gasteiger charge is 2.42. The molecule has 2 fully saturated rings. The molecule has 1 aromatic rings. The predicted molar refractivity (Wildman–Crippen MR) is 91.4 cm³/mol. The molecule has 0 unspecified atom stereocenters. The van der Waals surface area contributed by atoms with Crippen molar-refractivity contribution in [2.75, 3.05) is 39.9 Å². The molecule has 2 saturated heterocycles. The second kappa shape index (κ2) is 7.45. The third-order valence-corrected chi connectivity index (χ3v) is 5.49. The summed E-state index contributed by atoms with van der Waals surface area (Å²) in [5.74, 6) is 0.902. The number of hydrogen-bond donors (Lipinski definition) is 1. The van der Waals surface area contributed by atoms with Gasteiger partial charge in [-0.15, -0.1) is 0 Å². The normalized spacial score (nSPS) is 22.0. The van der Waals surface area contributed by atoms with Gasteiger partial charge in [-0.1, -0.05) is 30.3 Å². The van der Waals surface area contributed by atoms with Gasteiger partial charge in [-0.25, -0.2) is 0 Å². The van der Waals surface area contributed by atoms with Crippen molar-refractivity contribution in [3.8, 4) is 0 Å². The molecule has 0 saturated carbocycles. The van der Waals surface area contributed by atoms with Crippen molar-refractivity contribution >= 4 is 5.91 Å². The first kappa shape index (κ1) is 16.5. The Hall–Kier alpha value is -1.39. The Morgan fingerprint density at radius 3 is 2.48 bits per heavy atom. The lowest BCUT2D eigenvalue weighted by atomic mass is 9.77. The molecule has 0 atom stereocenters. The fraction of sp³-hybridized carbons (Fsp3) is 0.632. The van der Waals surface area contributed by atoms with Crippen molar-refractivity contribution in [2.24, 2.45) is 5.41 Å². The maximum atomic E-state index is 13.1. The minimum atomic E-state index is -0.306. The van der Waals surface area contributed by atoms with Crippen molar-refractivity contribution < 1.29 is 9.53 Å². The lowest BCUT2D eigenvalue weighted by Crippen LogP contribution is -2.53. The first-order valence-electron chi connectivity index (χ1n) is 8.79. The lowest BCUT2D eigenvalue weighted by Gasteiger charge is -2.42. The summed E-state index contributed by atoms with van der Waals surface area (Å²) in [6.07, 6.45) is 3.91. The van der Waals surface area contributed by atoms with Gasteiger partial charge in [0.05, 0.1) is 12.0 Å². The van der Waals surface area contributed by atoms with Gasteiger partial charge in [0, 0.05) is 20.2 Å². The fourth-order valence-corrected chi connectivity index (χ4v) is 4.08. The van der Waals surface area contributed by atoms with Crippen molar-refractivity contribution in [1.29, 1.82) is 0 Å². The highest BCUT2D eigenvalue weighted by Crippen LogP contribution is 2.35. The number of amides is 1. The average molecular weight is 316 g/mol. The molecule has 0 spiro atoms. The molecular weight excluding hydrogens is 288 g/mol. The van der Waals surface area contributed by atoms with Crippen LogP contribution in [0, 0.1) is 5.41 Å². The van der Waals surface area contributed by atoms with Crippen LogP contribution in [-0.2, 0) is 9.53 Å². The Balaban J connectivity index is 1.63. The number of benzene rings is 1. The Bertz CT molecular complexity index is 498. The summed E-state index contributed by atoms with van der Waals surface area (Å²) in [6, 6.07) is 10.7. The van der Waals surface area contributed by atoms with Crippen LogP contribution in [0.15, 0.2) is 30.3 Å². The van der Waals surface area contributed by atoms with E-state index in [-0.39, 0.29) is 5.41 Å². The molecule has 0 bridgehead atoms. The van der Waals surface area contributed by atoms with Gasteiger partial charge in [-0.2, -0.15) is 0 Å². The molecule has 23 heavy (non-hydrogen) atoms. The molecule has 4 heteroatoms. The van der Waals surface area contributed by atoms with Crippen molar-refractivity contribution in [3.05, 3.63) is 35.9 Å². The van der Waals surface area contributed by atoms with Crippen LogP contribution in [0.1, 0.15) is 37.2 Å². The van der Waals surface area contributed by atoms with E-state index in [1.165, 1.54) is 5.56 Å². The van der Waals surface area contributed by atoms with E-state index < -0.39 is 0 Å². The third-order valence-electron chi connectivity index (χ3n) is 5.49. The molecule has 2 aliphatic rings. The summed E-state index contributed by atoms with van der Waals surface area (Å²) in [5.41, 5.74) is 1.10. The highest BCUT2D eigenvalue weighted by molar-refractivity contribution is 5.83. The van der Waals surface area contributed by atoms with E-state index in [0.717, 1.165) is 51.9 Å². The van der Waals surface area contributed by atoms with Crippen LogP contribution >= 0.6 is 0 Å². The zero-order chi connectivity index (χ0) is 16.1. The second-order valence-electron chi connectivity index (χ2n) is 6.94. The second-order valence-corrected chi connectivity index (χ2v) is 6.94. The number of nitrogens with one attached hydrogen (secondary N) is 1. The average Bonchev–Trinajstić information content (AvgIpc) is 2.63. The van der Waals surface area contributed by atoms with Crippen LogP contribution in [0.4, 0.5) is 0 Å². The van der Waals surface area contributed by atoms with E-state index in [2.05, 4.69) is 40.5 Å². The van der Waals surface area contributed by atoms with Crippen LogP contribution in [0.25, 0.3) is 0 Å². The zero-order valence-corrected chi connectivity index (χ0v) is 14.1. The maximum Gasteiger partial charge on any atom is 0.231 e. The number of carbonyl (C=O) groups excluding carboxylic acids is 1. The van der Waals surface area contributed by atoms with Crippen molar-refractivity contribution in [1.82, 2.24) is 10.2 Å². The molecule has 1 amide bonds. The first-order chi connectivity index (χ1) is 11.2. The number of methoxy groups -OCH3 is 1. The van der Waals surface area contributed by atoms with Gasteiger partial charge in [-0.3, -0.25) is 4.79 Å². The quantitative estimate of drug-likeness (QED) is 0.927. The third kappa shape index (κ3) is 3.59. The van der Waals surface area contributed by atoms with Crippen molar-refractivity contribution in [2.45, 2.75) is 31.6 Å². The van der Waals surface area contributed by atoms with Gasteiger partial charge < -0.3 is 15.0 Å². The van der Waals surface area contributed by atoms with Crippen molar-refractivity contribution in [3.63, 3.8) is 0 Å². The standard InChI is InChI=1S/C19H28N2O2/c1-23-15-19(9-11-20-12-10-19)18(22)21-13-7-17(8-14-21)16-5-3-2-4-6-16/h2-6,17,20H,7-15H2,1H3.